The molecule has 8 heteroatoms. The highest BCUT2D eigenvalue weighted by atomic mass is 31.1. The number of nitrogens with one attached hydrogen (secondary N) is 1. The second-order valence-electron chi connectivity index (χ2n) is 6.41. The molecule has 0 aromatic rings. The van der Waals surface area contributed by atoms with Crippen molar-refractivity contribution in [2.24, 2.45) is 5.41 Å². The van der Waals surface area contributed by atoms with Crippen molar-refractivity contribution in [1.29, 1.82) is 0 Å². The third-order valence-electron chi connectivity index (χ3n) is 3.91. The molecule has 1 aliphatic heterocycles. The minimum absolute atomic E-state index is 0.0324. The van der Waals surface area contributed by atoms with Gasteiger partial charge in [-0.1, -0.05) is 13.8 Å². The van der Waals surface area contributed by atoms with Gasteiger partial charge in [-0.05, 0) is 25.7 Å². The zero-order valence-electron chi connectivity index (χ0n) is 13.0. The number of carbonyl (C=O) groups excluding carboxylic acids is 2. The quantitative estimate of drug-likeness (QED) is 0.612. The summed E-state index contributed by atoms with van der Waals surface area (Å²) in [5.74, 6) is -0.684. The lowest BCUT2D eigenvalue weighted by molar-refractivity contribution is -0.148. The summed E-state index contributed by atoms with van der Waals surface area (Å²) in [5.41, 5.74) is -0.572. The Morgan fingerprint density at radius 1 is 1.32 bits per heavy atom. The molecule has 1 saturated heterocycles. The summed E-state index contributed by atoms with van der Waals surface area (Å²) in [5, 5.41) is 2.64. The van der Waals surface area contributed by atoms with Crippen LogP contribution in [0.25, 0.3) is 0 Å². The number of rotatable bonds is 5. The molecule has 1 aliphatic carbocycles. The van der Waals surface area contributed by atoms with Gasteiger partial charge < -0.3 is 10.1 Å². The lowest BCUT2D eigenvalue weighted by atomic mass is 9.87. The molecule has 0 spiro atoms. The van der Waals surface area contributed by atoms with Gasteiger partial charge in [-0.25, -0.2) is 0 Å². The molecule has 124 valence electrons. The van der Waals surface area contributed by atoms with Crippen molar-refractivity contribution in [3.8, 4) is 0 Å². The summed E-state index contributed by atoms with van der Waals surface area (Å²) in [6.07, 6.45) is 3.36. The molecule has 22 heavy (non-hydrogen) atoms. The molecule has 2 atom stereocenters. The van der Waals surface area contributed by atoms with E-state index in [1.807, 2.05) is 0 Å². The van der Waals surface area contributed by atoms with Gasteiger partial charge in [0.15, 0.2) is 0 Å². The van der Waals surface area contributed by atoms with Gasteiger partial charge in [-0.15, -0.1) is 9.05 Å². The molecule has 0 bridgehead atoms. The summed E-state index contributed by atoms with van der Waals surface area (Å²) in [4.78, 5) is 23.8. The molecule has 1 N–H and O–H groups in total. The van der Waals surface area contributed by atoms with E-state index in [1.54, 1.807) is 13.8 Å². The fraction of sp³-hybridized carbons (Fsp3) is 0.857. The first kappa shape index (κ1) is 17.3. The number of carbonyl (C=O) groups is 2. The van der Waals surface area contributed by atoms with Crippen LogP contribution in [-0.2, 0) is 27.9 Å². The zero-order chi connectivity index (χ0) is 16.2. The van der Waals surface area contributed by atoms with E-state index in [2.05, 4.69) is 5.32 Å². The first-order valence-electron chi connectivity index (χ1n) is 7.62. The second kappa shape index (κ2) is 7.49. The van der Waals surface area contributed by atoms with E-state index in [0.717, 1.165) is 25.7 Å². The molecular weight excluding hydrogens is 309 g/mol. The number of hydrogen-bond donors (Lipinski definition) is 1. The molecule has 7 nitrogen and oxygen atoms in total. The number of hydrogen-bond acceptors (Lipinski definition) is 6. The maximum absolute atomic E-state index is 12.1. The van der Waals surface area contributed by atoms with Crippen molar-refractivity contribution in [2.75, 3.05) is 13.2 Å². The Labute approximate surface area is 131 Å². The Balaban J connectivity index is 1.72. The topological polar surface area (TPSA) is 90.9 Å². The molecule has 2 aliphatic rings. The Bertz CT molecular complexity index is 447. The van der Waals surface area contributed by atoms with Crippen molar-refractivity contribution >= 4 is 20.1 Å². The Hall–Kier alpha value is -1.04. The summed E-state index contributed by atoms with van der Waals surface area (Å²) < 4.78 is 26.6. The van der Waals surface area contributed by atoms with Crippen molar-refractivity contribution in [3.63, 3.8) is 0 Å². The van der Waals surface area contributed by atoms with Crippen LogP contribution in [0, 0.1) is 5.41 Å². The van der Waals surface area contributed by atoms with Crippen molar-refractivity contribution in [1.82, 2.24) is 5.32 Å². The molecule has 0 radical (unpaired) electrons. The second-order valence-corrected chi connectivity index (χ2v) is 7.32. The predicted molar refractivity (Wildman–Crippen MR) is 78.2 cm³/mol. The summed E-state index contributed by atoms with van der Waals surface area (Å²) >= 11 is 0. The van der Waals surface area contributed by atoms with Gasteiger partial charge in [0.1, 0.15) is 12.7 Å². The van der Waals surface area contributed by atoms with Gasteiger partial charge in [0, 0.05) is 16.5 Å². The number of ether oxygens (including phenoxy) is 1. The van der Waals surface area contributed by atoms with E-state index in [4.69, 9.17) is 13.8 Å². The Morgan fingerprint density at radius 2 is 2.00 bits per heavy atom. The van der Waals surface area contributed by atoms with E-state index in [1.165, 1.54) is 0 Å². The minimum atomic E-state index is -2.26. The van der Waals surface area contributed by atoms with Crippen molar-refractivity contribution < 1.29 is 27.9 Å². The Morgan fingerprint density at radius 3 is 2.68 bits per heavy atom. The summed E-state index contributed by atoms with van der Waals surface area (Å²) in [7, 11) is -2.26. The monoisotopic (exact) mass is 332 g/mol. The van der Waals surface area contributed by atoms with Crippen LogP contribution >= 0.6 is 8.25 Å². The largest absolute Gasteiger partial charge is 0.698 e. The average Bonchev–Trinajstić information content (AvgIpc) is 2.94. The number of esters is 1. The van der Waals surface area contributed by atoms with Crippen LogP contribution in [0.15, 0.2) is 0 Å². The Kier molecular flexibility index (Phi) is 5.89. The highest BCUT2D eigenvalue weighted by molar-refractivity contribution is 7.33. The SMILES string of the molecule is CC1(C)CO[P+](=O)O[C@H]1C(=O)NCCC(=O)OC1CCCC1. The fourth-order valence-corrected chi connectivity index (χ4v) is 3.64. The summed E-state index contributed by atoms with van der Waals surface area (Å²) in [6, 6.07) is 0. The van der Waals surface area contributed by atoms with Crippen LogP contribution in [0.1, 0.15) is 46.0 Å². The van der Waals surface area contributed by atoms with Gasteiger partial charge in [-0.2, -0.15) is 0 Å². The molecule has 1 heterocycles. The smallest absolute Gasteiger partial charge is 0.462 e. The average molecular weight is 332 g/mol. The predicted octanol–water partition coefficient (Wildman–Crippen LogP) is 2.08. The van der Waals surface area contributed by atoms with Gasteiger partial charge in [0.25, 0.3) is 5.91 Å². The van der Waals surface area contributed by atoms with Gasteiger partial charge in [0.2, 0.25) is 6.10 Å². The molecule has 2 rings (SSSR count). The maximum atomic E-state index is 12.1. The maximum Gasteiger partial charge on any atom is 0.698 e. The van der Waals surface area contributed by atoms with Crippen LogP contribution < -0.4 is 5.32 Å². The minimum Gasteiger partial charge on any atom is -0.462 e. The molecule has 1 unspecified atom stereocenters. The molecule has 1 saturated carbocycles. The third kappa shape index (κ3) is 4.73. The fourth-order valence-electron chi connectivity index (χ4n) is 2.59. The van der Waals surface area contributed by atoms with E-state index in [9.17, 15) is 14.2 Å². The molecule has 0 aromatic heterocycles. The van der Waals surface area contributed by atoms with Crippen molar-refractivity contribution in [3.05, 3.63) is 0 Å². The van der Waals surface area contributed by atoms with Gasteiger partial charge in [-0.3, -0.25) is 9.59 Å². The summed E-state index contributed by atoms with van der Waals surface area (Å²) in [6.45, 7) is 3.96. The van der Waals surface area contributed by atoms with Crippen LogP contribution in [0.4, 0.5) is 0 Å². The standard InChI is InChI=1S/C14H22NO6P/c1-14(2)9-19-22(18)21-12(14)13(17)15-8-7-11(16)20-10-5-3-4-6-10/h10,12H,3-9H2,1-2H3/p+1/t12-/m0/s1. The third-order valence-corrected chi connectivity index (χ3v) is 4.63. The van der Waals surface area contributed by atoms with Gasteiger partial charge >= 0.3 is 14.2 Å². The molecule has 0 aromatic carbocycles. The van der Waals surface area contributed by atoms with Crippen LogP contribution in [0.5, 0.6) is 0 Å². The van der Waals surface area contributed by atoms with E-state index in [-0.39, 0.29) is 37.6 Å². The lowest BCUT2D eigenvalue weighted by Gasteiger charge is -2.29. The van der Waals surface area contributed by atoms with Gasteiger partial charge in [0.05, 0.1) is 6.42 Å². The van der Waals surface area contributed by atoms with E-state index >= 15 is 0 Å². The van der Waals surface area contributed by atoms with Crippen LogP contribution in [0.3, 0.4) is 0 Å². The van der Waals surface area contributed by atoms with Crippen LogP contribution in [0.2, 0.25) is 0 Å². The van der Waals surface area contributed by atoms with Crippen LogP contribution in [-0.4, -0.2) is 37.2 Å². The zero-order valence-corrected chi connectivity index (χ0v) is 13.9. The molecule has 1 amide bonds. The number of amides is 1. The molecular formula is C14H23NO6P+. The first-order chi connectivity index (χ1) is 10.4. The van der Waals surface area contributed by atoms with Crippen molar-refractivity contribution in [2.45, 2.75) is 58.2 Å². The van der Waals surface area contributed by atoms with E-state index < -0.39 is 19.8 Å². The van der Waals surface area contributed by atoms with E-state index in [0.29, 0.717) is 0 Å². The highest BCUT2D eigenvalue weighted by Crippen LogP contribution is 2.41. The first-order valence-corrected chi connectivity index (χ1v) is 8.72. The lowest BCUT2D eigenvalue weighted by Crippen LogP contribution is -2.48. The highest BCUT2D eigenvalue weighted by Gasteiger charge is 2.50. The molecule has 2 fully saturated rings. The normalized spacial score (nSPS) is 26.6.